The fourth-order valence-electron chi connectivity index (χ4n) is 3.79. The Hall–Kier alpha value is -3.31. The Bertz CT molecular complexity index is 1120. The SMILES string of the molecule is CC[C@@H](C)NC(=O)[C@H](Cc1ccccc1)N(Cc1cccc(C)c1)C(=O)COc1ccccc1Cl. The van der Waals surface area contributed by atoms with Crippen molar-refractivity contribution in [1.29, 1.82) is 0 Å². The Labute approximate surface area is 213 Å². The zero-order valence-corrected chi connectivity index (χ0v) is 21.3. The molecule has 0 unspecified atom stereocenters. The summed E-state index contributed by atoms with van der Waals surface area (Å²) in [5.41, 5.74) is 3.02. The number of ether oxygens (including phenoxy) is 1. The molecule has 3 aromatic rings. The van der Waals surface area contributed by atoms with E-state index in [0.29, 0.717) is 17.2 Å². The number of hydrogen-bond donors (Lipinski definition) is 1. The van der Waals surface area contributed by atoms with Crippen LogP contribution >= 0.6 is 11.6 Å². The van der Waals surface area contributed by atoms with Gasteiger partial charge in [0, 0.05) is 19.0 Å². The highest BCUT2D eigenvalue weighted by molar-refractivity contribution is 6.32. The number of carbonyl (C=O) groups excluding carboxylic acids is 2. The summed E-state index contributed by atoms with van der Waals surface area (Å²) in [6, 6.07) is 24.0. The Morgan fingerprint density at radius 3 is 2.34 bits per heavy atom. The second-order valence-corrected chi connectivity index (χ2v) is 9.16. The highest BCUT2D eigenvalue weighted by atomic mass is 35.5. The van der Waals surface area contributed by atoms with Crippen molar-refractivity contribution in [3.8, 4) is 5.75 Å². The van der Waals surface area contributed by atoms with Gasteiger partial charge in [-0.15, -0.1) is 0 Å². The molecule has 0 aliphatic heterocycles. The molecule has 0 radical (unpaired) electrons. The molecule has 184 valence electrons. The van der Waals surface area contributed by atoms with Crippen molar-refractivity contribution in [2.24, 2.45) is 0 Å². The summed E-state index contributed by atoms with van der Waals surface area (Å²) in [5, 5.41) is 3.50. The maximum Gasteiger partial charge on any atom is 0.261 e. The lowest BCUT2D eigenvalue weighted by Gasteiger charge is -2.32. The molecule has 0 bridgehead atoms. The van der Waals surface area contributed by atoms with Crippen LogP contribution in [0.4, 0.5) is 0 Å². The van der Waals surface area contributed by atoms with Gasteiger partial charge in [0.15, 0.2) is 6.61 Å². The Morgan fingerprint density at radius 1 is 0.971 bits per heavy atom. The molecule has 6 heteroatoms. The lowest BCUT2D eigenvalue weighted by Crippen LogP contribution is -2.53. The lowest BCUT2D eigenvalue weighted by atomic mass is 10.0. The molecule has 2 atom stereocenters. The predicted octanol–water partition coefficient (Wildman–Crippen LogP) is 5.58. The van der Waals surface area contributed by atoms with Crippen LogP contribution < -0.4 is 10.1 Å². The van der Waals surface area contributed by atoms with Gasteiger partial charge in [0.1, 0.15) is 11.8 Å². The normalized spacial score (nSPS) is 12.5. The number of amides is 2. The van der Waals surface area contributed by atoms with Gasteiger partial charge in [-0.3, -0.25) is 9.59 Å². The van der Waals surface area contributed by atoms with Crippen molar-refractivity contribution >= 4 is 23.4 Å². The smallest absolute Gasteiger partial charge is 0.261 e. The van der Waals surface area contributed by atoms with Gasteiger partial charge in [-0.05, 0) is 43.5 Å². The van der Waals surface area contributed by atoms with Gasteiger partial charge in [-0.25, -0.2) is 0 Å². The Balaban J connectivity index is 1.92. The van der Waals surface area contributed by atoms with E-state index in [1.54, 1.807) is 29.2 Å². The highest BCUT2D eigenvalue weighted by Gasteiger charge is 2.31. The summed E-state index contributed by atoms with van der Waals surface area (Å²) >= 11 is 6.21. The van der Waals surface area contributed by atoms with E-state index in [4.69, 9.17) is 16.3 Å². The van der Waals surface area contributed by atoms with Crippen molar-refractivity contribution in [1.82, 2.24) is 10.2 Å². The molecule has 35 heavy (non-hydrogen) atoms. The van der Waals surface area contributed by atoms with E-state index >= 15 is 0 Å². The number of hydrogen-bond acceptors (Lipinski definition) is 3. The van der Waals surface area contributed by atoms with Gasteiger partial charge in [-0.1, -0.05) is 90.8 Å². The van der Waals surface area contributed by atoms with Crippen LogP contribution in [-0.2, 0) is 22.6 Å². The zero-order chi connectivity index (χ0) is 25.2. The second-order valence-electron chi connectivity index (χ2n) is 8.75. The third kappa shape index (κ3) is 7.86. The van der Waals surface area contributed by atoms with E-state index in [1.165, 1.54) is 0 Å². The average molecular weight is 493 g/mol. The summed E-state index contributed by atoms with van der Waals surface area (Å²) in [6.07, 6.45) is 1.19. The maximum atomic E-state index is 13.6. The molecule has 0 aliphatic rings. The lowest BCUT2D eigenvalue weighted by molar-refractivity contribution is -0.143. The molecule has 3 rings (SSSR count). The van der Waals surface area contributed by atoms with Crippen LogP contribution in [0.1, 0.15) is 37.0 Å². The molecule has 1 N–H and O–H groups in total. The van der Waals surface area contributed by atoms with Crippen molar-refractivity contribution < 1.29 is 14.3 Å². The molecule has 0 saturated carbocycles. The summed E-state index contributed by atoms with van der Waals surface area (Å²) in [5.74, 6) is -0.0321. The molecule has 0 fully saturated rings. The van der Waals surface area contributed by atoms with Gasteiger partial charge >= 0.3 is 0 Å². The van der Waals surface area contributed by atoms with Crippen molar-refractivity contribution in [2.75, 3.05) is 6.61 Å². The number of aryl methyl sites for hydroxylation is 1. The number of nitrogens with zero attached hydrogens (tertiary/aromatic N) is 1. The van der Waals surface area contributed by atoms with E-state index in [9.17, 15) is 9.59 Å². The second kappa shape index (κ2) is 13.0. The Kier molecular flexibility index (Phi) is 9.74. The van der Waals surface area contributed by atoms with Crippen LogP contribution in [0.3, 0.4) is 0 Å². The monoisotopic (exact) mass is 492 g/mol. The molecule has 0 heterocycles. The fourth-order valence-corrected chi connectivity index (χ4v) is 3.98. The molecule has 0 spiro atoms. The van der Waals surface area contributed by atoms with Gasteiger partial charge < -0.3 is 15.0 Å². The summed E-state index contributed by atoms with van der Waals surface area (Å²) in [6.45, 7) is 6.05. The predicted molar refractivity (Wildman–Crippen MR) is 141 cm³/mol. The summed E-state index contributed by atoms with van der Waals surface area (Å²) in [7, 11) is 0. The van der Waals surface area contributed by atoms with Crippen LogP contribution in [0, 0.1) is 6.92 Å². The average Bonchev–Trinajstić information content (AvgIpc) is 2.86. The number of nitrogens with one attached hydrogen (secondary N) is 1. The van der Waals surface area contributed by atoms with E-state index in [2.05, 4.69) is 5.32 Å². The van der Waals surface area contributed by atoms with Crippen molar-refractivity contribution in [3.05, 3.63) is 101 Å². The summed E-state index contributed by atoms with van der Waals surface area (Å²) < 4.78 is 5.77. The molecule has 0 aromatic heterocycles. The molecule has 0 saturated heterocycles. The van der Waals surface area contributed by atoms with Crippen LogP contribution in [0.2, 0.25) is 5.02 Å². The third-order valence-electron chi connectivity index (χ3n) is 5.90. The minimum Gasteiger partial charge on any atom is -0.482 e. The Morgan fingerprint density at radius 2 is 1.66 bits per heavy atom. The topological polar surface area (TPSA) is 58.6 Å². The first-order valence-corrected chi connectivity index (χ1v) is 12.3. The highest BCUT2D eigenvalue weighted by Crippen LogP contribution is 2.23. The van der Waals surface area contributed by atoms with Crippen LogP contribution in [0.25, 0.3) is 0 Å². The number of benzene rings is 3. The number of carbonyl (C=O) groups is 2. The van der Waals surface area contributed by atoms with Gasteiger partial charge in [-0.2, -0.15) is 0 Å². The maximum absolute atomic E-state index is 13.6. The van der Waals surface area contributed by atoms with Crippen molar-refractivity contribution in [2.45, 2.75) is 52.2 Å². The molecular formula is C29H33ClN2O3. The van der Waals surface area contributed by atoms with Crippen LogP contribution in [0.5, 0.6) is 5.75 Å². The van der Waals surface area contributed by atoms with Crippen molar-refractivity contribution in [3.63, 3.8) is 0 Å². The molecule has 2 amide bonds. The number of halogens is 1. The van der Waals surface area contributed by atoms with E-state index in [1.807, 2.05) is 75.4 Å². The van der Waals surface area contributed by atoms with Gasteiger partial charge in [0.05, 0.1) is 5.02 Å². The quantitative estimate of drug-likeness (QED) is 0.380. The zero-order valence-electron chi connectivity index (χ0n) is 20.5. The van der Waals surface area contributed by atoms with Crippen LogP contribution in [-0.4, -0.2) is 35.4 Å². The number of rotatable bonds is 11. The van der Waals surface area contributed by atoms with Gasteiger partial charge in [0.2, 0.25) is 5.91 Å². The first-order chi connectivity index (χ1) is 16.9. The van der Waals surface area contributed by atoms with Gasteiger partial charge in [0.25, 0.3) is 5.91 Å². The molecule has 5 nitrogen and oxygen atoms in total. The largest absolute Gasteiger partial charge is 0.482 e. The first-order valence-electron chi connectivity index (χ1n) is 11.9. The molecule has 3 aromatic carbocycles. The minimum atomic E-state index is -0.700. The van der Waals surface area contributed by atoms with Crippen LogP contribution in [0.15, 0.2) is 78.9 Å². The van der Waals surface area contributed by atoms with E-state index in [-0.39, 0.29) is 31.0 Å². The molecular weight excluding hydrogens is 460 g/mol. The first kappa shape index (κ1) is 26.3. The number of para-hydroxylation sites is 1. The fraction of sp³-hybridized carbons (Fsp3) is 0.310. The van der Waals surface area contributed by atoms with E-state index < -0.39 is 6.04 Å². The third-order valence-corrected chi connectivity index (χ3v) is 6.21. The summed E-state index contributed by atoms with van der Waals surface area (Å²) in [4.78, 5) is 28.7. The molecule has 0 aliphatic carbocycles. The minimum absolute atomic E-state index is 0.00364. The standard InChI is InChI=1S/C29H33ClN2O3/c1-4-22(3)31-29(34)26(18-23-12-6-5-7-13-23)32(19-24-14-10-11-21(2)17-24)28(33)20-35-27-16-9-8-15-25(27)30/h5-17,22,26H,4,18-20H2,1-3H3,(H,31,34)/t22-,26+/m1/s1. The van der Waals surface area contributed by atoms with E-state index in [0.717, 1.165) is 23.1 Å².